The van der Waals surface area contributed by atoms with E-state index >= 15 is 0 Å². The second kappa shape index (κ2) is 6.15. The Labute approximate surface area is 86.4 Å². The van der Waals surface area contributed by atoms with Crippen LogP contribution in [0.2, 0.25) is 0 Å². The smallest absolute Gasteiger partial charge is 0.330 e. The number of thioether (sulfide) groups is 1. The number of hydrogen-bond acceptors (Lipinski definition) is 5. The molecule has 0 amide bonds. The largest absolute Gasteiger partial charge is 0.462 e. The highest BCUT2D eigenvalue weighted by Crippen LogP contribution is 2.12. The van der Waals surface area contributed by atoms with Gasteiger partial charge in [-0.25, -0.2) is 14.8 Å². The van der Waals surface area contributed by atoms with E-state index in [-0.39, 0.29) is 0 Å². The van der Waals surface area contributed by atoms with Crippen LogP contribution in [0.15, 0.2) is 36.3 Å². The molecule has 1 heterocycles. The van der Waals surface area contributed by atoms with Crippen LogP contribution in [0.1, 0.15) is 0 Å². The molecule has 0 bridgehead atoms. The van der Waals surface area contributed by atoms with Crippen molar-refractivity contribution in [2.24, 2.45) is 0 Å². The standard InChI is InChI=1S/C9H10N2O2S/c1-2-9(12)13-5-6-14-8-3-4-10-7-11-8/h2-4,7H,1,5-6H2. The monoisotopic (exact) mass is 210 g/mol. The van der Waals surface area contributed by atoms with Gasteiger partial charge in [-0.3, -0.25) is 0 Å². The Bertz CT molecular complexity index is 303. The number of hydrogen-bond donors (Lipinski definition) is 0. The van der Waals surface area contributed by atoms with Gasteiger partial charge in [0.05, 0.1) is 5.03 Å². The van der Waals surface area contributed by atoms with Gasteiger partial charge < -0.3 is 4.74 Å². The van der Waals surface area contributed by atoms with Crippen LogP contribution in [-0.2, 0) is 9.53 Å². The first-order valence-electron chi connectivity index (χ1n) is 4.01. The summed E-state index contributed by atoms with van der Waals surface area (Å²) in [5.41, 5.74) is 0. The van der Waals surface area contributed by atoms with Crippen LogP contribution in [0.3, 0.4) is 0 Å². The molecular formula is C9H10N2O2S. The van der Waals surface area contributed by atoms with Crippen molar-refractivity contribution in [3.8, 4) is 0 Å². The lowest BCUT2D eigenvalue weighted by atomic mass is 10.6. The Balaban J connectivity index is 2.16. The Hall–Kier alpha value is -1.36. The fourth-order valence-corrected chi connectivity index (χ4v) is 1.37. The first kappa shape index (κ1) is 10.7. The summed E-state index contributed by atoms with van der Waals surface area (Å²) in [6, 6.07) is 1.81. The van der Waals surface area contributed by atoms with E-state index in [4.69, 9.17) is 4.74 Å². The molecule has 0 fully saturated rings. The van der Waals surface area contributed by atoms with Gasteiger partial charge >= 0.3 is 5.97 Å². The third-order valence-electron chi connectivity index (χ3n) is 1.30. The second-order valence-corrected chi connectivity index (χ2v) is 3.38. The van der Waals surface area contributed by atoms with E-state index in [1.165, 1.54) is 18.1 Å². The maximum atomic E-state index is 10.6. The quantitative estimate of drug-likeness (QED) is 0.241. The van der Waals surface area contributed by atoms with Crippen molar-refractivity contribution in [1.29, 1.82) is 0 Å². The first-order chi connectivity index (χ1) is 6.83. The van der Waals surface area contributed by atoms with Crippen LogP contribution >= 0.6 is 11.8 Å². The predicted molar refractivity (Wildman–Crippen MR) is 53.9 cm³/mol. The lowest BCUT2D eigenvalue weighted by Gasteiger charge is -2.00. The molecule has 0 saturated heterocycles. The fraction of sp³-hybridized carbons (Fsp3) is 0.222. The Morgan fingerprint density at radius 3 is 3.21 bits per heavy atom. The van der Waals surface area contributed by atoms with E-state index in [1.807, 2.05) is 0 Å². The summed E-state index contributed by atoms with van der Waals surface area (Å²) < 4.78 is 4.79. The van der Waals surface area contributed by atoms with Gasteiger partial charge in [0.25, 0.3) is 0 Å². The van der Waals surface area contributed by atoms with Crippen LogP contribution in [0.4, 0.5) is 0 Å². The molecule has 14 heavy (non-hydrogen) atoms. The maximum absolute atomic E-state index is 10.6. The van der Waals surface area contributed by atoms with Crippen molar-refractivity contribution >= 4 is 17.7 Å². The third kappa shape index (κ3) is 4.04. The first-order valence-corrected chi connectivity index (χ1v) is 4.99. The summed E-state index contributed by atoms with van der Waals surface area (Å²) in [7, 11) is 0. The second-order valence-electron chi connectivity index (χ2n) is 2.27. The number of ether oxygens (including phenoxy) is 1. The van der Waals surface area contributed by atoms with Crippen LogP contribution in [-0.4, -0.2) is 28.3 Å². The van der Waals surface area contributed by atoms with Crippen molar-refractivity contribution in [3.63, 3.8) is 0 Å². The highest BCUT2D eigenvalue weighted by atomic mass is 32.2. The van der Waals surface area contributed by atoms with Crippen LogP contribution < -0.4 is 0 Å². The van der Waals surface area contributed by atoms with E-state index in [9.17, 15) is 4.79 Å². The average molecular weight is 210 g/mol. The normalized spacial score (nSPS) is 9.43. The summed E-state index contributed by atoms with van der Waals surface area (Å²) in [4.78, 5) is 18.4. The summed E-state index contributed by atoms with van der Waals surface area (Å²) in [5.74, 6) is 0.282. The molecule has 0 aliphatic carbocycles. The zero-order valence-electron chi connectivity index (χ0n) is 7.55. The van der Waals surface area contributed by atoms with Gasteiger partial charge in [0.2, 0.25) is 0 Å². The molecule has 0 spiro atoms. The number of nitrogens with zero attached hydrogens (tertiary/aromatic N) is 2. The highest BCUT2D eigenvalue weighted by molar-refractivity contribution is 7.99. The molecule has 0 saturated carbocycles. The highest BCUT2D eigenvalue weighted by Gasteiger charge is 1.97. The Morgan fingerprint density at radius 1 is 1.71 bits per heavy atom. The van der Waals surface area contributed by atoms with E-state index in [0.717, 1.165) is 11.1 Å². The number of carbonyl (C=O) groups is 1. The van der Waals surface area contributed by atoms with Crippen LogP contribution in [0, 0.1) is 0 Å². The number of aromatic nitrogens is 2. The molecule has 1 aromatic rings. The van der Waals surface area contributed by atoms with Gasteiger partial charge in [-0.15, -0.1) is 11.8 Å². The van der Waals surface area contributed by atoms with Gasteiger partial charge in [-0.05, 0) is 6.07 Å². The lowest BCUT2D eigenvalue weighted by Crippen LogP contribution is -2.03. The van der Waals surface area contributed by atoms with E-state index in [1.54, 1.807) is 12.3 Å². The number of rotatable bonds is 5. The van der Waals surface area contributed by atoms with E-state index in [2.05, 4.69) is 16.5 Å². The Kier molecular flexibility index (Phi) is 4.71. The summed E-state index contributed by atoms with van der Waals surface area (Å²) in [6.45, 7) is 3.66. The van der Waals surface area contributed by atoms with Crippen molar-refractivity contribution < 1.29 is 9.53 Å². The number of esters is 1. The molecule has 0 aliphatic heterocycles. The van der Waals surface area contributed by atoms with Crippen molar-refractivity contribution in [2.75, 3.05) is 12.4 Å². The Morgan fingerprint density at radius 2 is 2.57 bits per heavy atom. The third-order valence-corrected chi connectivity index (χ3v) is 2.21. The van der Waals surface area contributed by atoms with Gasteiger partial charge in [-0.1, -0.05) is 6.58 Å². The molecule has 74 valence electrons. The molecule has 0 N–H and O–H groups in total. The van der Waals surface area contributed by atoms with Gasteiger partial charge in [0.15, 0.2) is 0 Å². The SMILES string of the molecule is C=CC(=O)OCCSc1ccncn1. The average Bonchev–Trinajstić information content (AvgIpc) is 2.25. The number of carbonyl (C=O) groups excluding carboxylic acids is 1. The molecular weight excluding hydrogens is 200 g/mol. The van der Waals surface area contributed by atoms with Crippen LogP contribution in [0.25, 0.3) is 0 Å². The minimum atomic E-state index is -0.395. The minimum Gasteiger partial charge on any atom is -0.462 e. The molecule has 0 radical (unpaired) electrons. The maximum Gasteiger partial charge on any atom is 0.330 e. The fourth-order valence-electron chi connectivity index (χ4n) is 0.711. The van der Waals surface area contributed by atoms with Crippen LogP contribution in [0.5, 0.6) is 0 Å². The van der Waals surface area contributed by atoms with Crippen molar-refractivity contribution in [2.45, 2.75) is 5.03 Å². The topological polar surface area (TPSA) is 52.1 Å². The van der Waals surface area contributed by atoms with Gasteiger partial charge in [0.1, 0.15) is 12.9 Å². The summed E-state index contributed by atoms with van der Waals surface area (Å²) in [5, 5.41) is 0.870. The summed E-state index contributed by atoms with van der Waals surface area (Å²) in [6.07, 6.45) is 4.30. The van der Waals surface area contributed by atoms with E-state index in [0.29, 0.717) is 12.4 Å². The minimum absolute atomic E-state index is 0.361. The zero-order chi connectivity index (χ0) is 10.2. The van der Waals surface area contributed by atoms with Gasteiger partial charge in [0, 0.05) is 18.0 Å². The molecule has 0 unspecified atom stereocenters. The van der Waals surface area contributed by atoms with Crippen molar-refractivity contribution in [3.05, 3.63) is 31.2 Å². The molecule has 1 aromatic heterocycles. The zero-order valence-corrected chi connectivity index (χ0v) is 8.37. The molecule has 5 heteroatoms. The van der Waals surface area contributed by atoms with Gasteiger partial charge in [-0.2, -0.15) is 0 Å². The molecule has 0 atom stereocenters. The molecule has 0 aliphatic rings. The lowest BCUT2D eigenvalue weighted by molar-refractivity contribution is -0.137. The van der Waals surface area contributed by atoms with Crippen molar-refractivity contribution in [1.82, 2.24) is 9.97 Å². The molecule has 0 aromatic carbocycles. The van der Waals surface area contributed by atoms with E-state index < -0.39 is 5.97 Å². The molecule has 4 nitrogen and oxygen atoms in total. The molecule has 1 rings (SSSR count). The predicted octanol–water partition coefficient (Wildman–Crippen LogP) is 1.30. The summed E-state index contributed by atoms with van der Waals surface area (Å²) >= 11 is 1.51.